The SMILES string of the molecule is CC1C(=O)N(C)c2ccc(Nc3cccc(C(=O)NC4CCN(C)CC4)c3)nc2N1c1ccccc1. The number of benzene rings is 2. The predicted molar refractivity (Wildman–Crippen MR) is 143 cm³/mol. The zero-order valence-electron chi connectivity index (χ0n) is 20.9. The van der Waals surface area contributed by atoms with Crippen LogP contribution in [0.3, 0.4) is 0 Å². The maximum Gasteiger partial charge on any atom is 0.251 e. The molecule has 1 aromatic heterocycles. The van der Waals surface area contributed by atoms with Crippen LogP contribution in [-0.4, -0.2) is 61.0 Å². The average molecular weight is 485 g/mol. The summed E-state index contributed by atoms with van der Waals surface area (Å²) in [5.74, 6) is 1.29. The summed E-state index contributed by atoms with van der Waals surface area (Å²) in [6.07, 6.45) is 1.93. The van der Waals surface area contributed by atoms with Crippen LogP contribution in [0, 0.1) is 0 Å². The number of likely N-dealkylation sites (tertiary alicyclic amines) is 1. The number of piperidine rings is 1. The quantitative estimate of drug-likeness (QED) is 0.566. The number of likely N-dealkylation sites (N-methyl/N-ethyl adjacent to an activating group) is 1. The summed E-state index contributed by atoms with van der Waals surface area (Å²) in [5.41, 5.74) is 3.04. The highest BCUT2D eigenvalue weighted by atomic mass is 16.2. The molecule has 2 N–H and O–H groups in total. The van der Waals surface area contributed by atoms with Gasteiger partial charge in [-0.2, -0.15) is 0 Å². The zero-order valence-corrected chi connectivity index (χ0v) is 20.9. The molecule has 1 fully saturated rings. The van der Waals surface area contributed by atoms with Crippen LogP contribution in [-0.2, 0) is 4.79 Å². The van der Waals surface area contributed by atoms with Crippen molar-refractivity contribution in [3.63, 3.8) is 0 Å². The van der Waals surface area contributed by atoms with E-state index in [1.807, 2.05) is 78.6 Å². The number of nitrogens with zero attached hydrogens (tertiary/aromatic N) is 4. The third-order valence-electron chi connectivity index (χ3n) is 7.00. The summed E-state index contributed by atoms with van der Waals surface area (Å²) in [5, 5.41) is 6.52. The fraction of sp³-hybridized carbons (Fsp3) is 0.321. The van der Waals surface area contributed by atoms with Crippen molar-refractivity contribution in [3.05, 3.63) is 72.3 Å². The minimum atomic E-state index is -0.390. The number of carbonyl (C=O) groups excluding carboxylic acids is 2. The first-order valence-electron chi connectivity index (χ1n) is 12.4. The number of para-hydroxylation sites is 1. The van der Waals surface area contributed by atoms with Crippen molar-refractivity contribution in [2.24, 2.45) is 0 Å². The molecule has 8 nitrogen and oxygen atoms in total. The molecule has 3 aromatic rings. The Balaban J connectivity index is 1.38. The molecular weight excluding hydrogens is 452 g/mol. The number of hydrogen-bond donors (Lipinski definition) is 2. The van der Waals surface area contributed by atoms with Gasteiger partial charge in [0.25, 0.3) is 5.91 Å². The molecule has 2 aliphatic rings. The Labute approximate surface area is 211 Å². The van der Waals surface area contributed by atoms with Crippen molar-refractivity contribution in [2.75, 3.05) is 42.3 Å². The molecule has 5 rings (SSSR count). The normalized spacial score (nSPS) is 18.6. The number of fused-ring (bicyclic) bond motifs is 1. The first kappa shape index (κ1) is 23.8. The Hall–Kier alpha value is -3.91. The molecule has 2 aromatic carbocycles. The van der Waals surface area contributed by atoms with Gasteiger partial charge >= 0.3 is 0 Å². The van der Waals surface area contributed by atoms with Gasteiger partial charge in [0.05, 0.1) is 5.69 Å². The molecule has 1 saturated heterocycles. The number of pyridine rings is 1. The molecule has 1 unspecified atom stereocenters. The van der Waals surface area contributed by atoms with Crippen molar-refractivity contribution in [3.8, 4) is 0 Å². The second-order valence-electron chi connectivity index (χ2n) is 9.57. The number of anilines is 5. The van der Waals surface area contributed by atoms with Gasteiger partial charge in [0.2, 0.25) is 5.91 Å². The van der Waals surface area contributed by atoms with Crippen LogP contribution in [0.2, 0.25) is 0 Å². The molecule has 1 atom stereocenters. The molecule has 186 valence electrons. The van der Waals surface area contributed by atoms with Crippen LogP contribution in [0.1, 0.15) is 30.1 Å². The fourth-order valence-electron chi connectivity index (χ4n) is 4.88. The molecule has 3 heterocycles. The molecule has 2 amide bonds. The van der Waals surface area contributed by atoms with Gasteiger partial charge in [-0.1, -0.05) is 24.3 Å². The number of hydrogen-bond acceptors (Lipinski definition) is 6. The Morgan fingerprint density at radius 2 is 1.72 bits per heavy atom. The Morgan fingerprint density at radius 1 is 0.972 bits per heavy atom. The van der Waals surface area contributed by atoms with Crippen molar-refractivity contribution < 1.29 is 9.59 Å². The van der Waals surface area contributed by atoms with Crippen LogP contribution < -0.4 is 20.4 Å². The molecule has 0 saturated carbocycles. The highest BCUT2D eigenvalue weighted by molar-refractivity contribution is 6.06. The highest BCUT2D eigenvalue weighted by Crippen LogP contribution is 2.39. The van der Waals surface area contributed by atoms with Gasteiger partial charge in [0.1, 0.15) is 11.9 Å². The van der Waals surface area contributed by atoms with Gasteiger partial charge in [-0.25, -0.2) is 4.98 Å². The molecule has 0 spiro atoms. The minimum Gasteiger partial charge on any atom is -0.349 e. The van der Waals surface area contributed by atoms with E-state index in [1.165, 1.54) is 0 Å². The van der Waals surface area contributed by atoms with Gasteiger partial charge in [0.15, 0.2) is 5.82 Å². The van der Waals surface area contributed by atoms with Gasteiger partial charge < -0.3 is 25.3 Å². The van der Waals surface area contributed by atoms with Crippen LogP contribution in [0.25, 0.3) is 0 Å². The van der Waals surface area contributed by atoms with E-state index in [0.717, 1.165) is 43.0 Å². The topological polar surface area (TPSA) is 80.8 Å². The number of nitrogens with one attached hydrogen (secondary N) is 2. The highest BCUT2D eigenvalue weighted by Gasteiger charge is 2.35. The van der Waals surface area contributed by atoms with E-state index in [0.29, 0.717) is 17.2 Å². The van der Waals surface area contributed by atoms with E-state index >= 15 is 0 Å². The van der Waals surface area contributed by atoms with Gasteiger partial charge in [-0.05, 0) is 82.4 Å². The van der Waals surface area contributed by atoms with Crippen molar-refractivity contribution >= 4 is 40.5 Å². The first-order valence-corrected chi connectivity index (χ1v) is 12.4. The van der Waals surface area contributed by atoms with E-state index in [1.54, 1.807) is 11.9 Å². The Bertz CT molecular complexity index is 1260. The summed E-state index contributed by atoms with van der Waals surface area (Å²) in [6, 6.07) is 20.9. The lowest BCUT2D eigenvalue weighted by Crippen LogP contribution is -2.49. The van der Waals surface area contributed by atoms with Crippen LogP contribution >= 0.6 is 0 Å². The number of aromatic nitrogens is 1. The maximum absolute atomic E-state index is 12.9. The van der Waals surface area contributed by atoms with Gasteiger partial charge in [-0.15, -0.1) is 0 Å². The minimum absolute atomic E-state index is 0.0113. The van der Waals surface area contributed by atoms with E-state index in [9.17, 15) is 9.59 Å². The average Bonchev–Trinajstić information content (AvgIpc) is 2.89. The smallest absolute Gasteiger partial charge is 0.251 e. The molecular formula is C28H32N6O2. The van der Waals surface area contributed by atoms with Crippen molar-refractivity contribution in [2.45, 2.75) is 31.8 Å². The van der Waals surface area contributed by atoms with E-state index in [-0.39, 0.29) is 23.9 Å². The van der Waals surface area contributed by atoms with E-state index in [4.69, 9.17) is 4.98 Å². The Morgan fingerprint density at radius 3 is 2.47 bits per heavy atom. The molecule has 8 heteroatoms. The third-order valence-corrected chi connectivity index (χ3v) is 7.00. The summed E-state index contributed by atoms with van der Waals surface area (Å²) < 4.78 is 0. The lowest BCUT2D eigenvalue weighted by atomic mass is 10.0. The molecule has 0 radical (unpaired) electrons. The van der Waals surface area contributed by atoms with Gasteiger partial charge in [0, 0.05) is 30.0 Å². The van der Waals surface area contributed by atoms with E-state index < -0.39 is 0 Å². The summed E-state index contributed by atoms with van der Waals surface area (Å²) in [7, 11) is 3.89. The largest absolute Gasteiger partial charge is 0.349 e. The first-order chi connectivity index (χ1) is 17.4. The monoisotopic (exact) mass is 484 g/mol. The summed E-state index contributed by atoms with van der Waals surface area (Å²) >= 11 is 0. The van der Waals surface area contributed by atoms with Gasteiger partial charge in [-0.3, -0.25) is 9.59 Å². The van der Waals surface area contributed by atoms with E-state index in [2.05, 4.69) is 22.6 Å². The number of rotatable bonds is 5. The summed E-state index contributed by atoms with van der Waals surface area (Å²) in [6.45, 7) is 3.88. The third kappa shape index (κ3) is 4.77. The standard InChI is InChI=1S/C28H32N6O2/c1-19-28(36)33(3)24-12-13-25(31-26(24)34(19)23-10-5-4-6-11-23)29-22-9-7-8-20(18-22)27(35)30-21-14-16-32(2)17-15-21/h4-13,18-19,21H,14-17H2,1-3H3,(H,29,31)(H,30,35). The Kier molecular flexibility index (Phi) is 6.61. The lowest BCUT2D eigenvalue weighted by Gasteiger charge is -2.39. The molecule has 2 aliphatic heterocycles. The maximum atomic E-state index is 12.9. The predicted octanol–water partition coefficient (Wildman–Crippen LogP) is 4.15. The molecule has 0 aliphatic carbocycles. The van der Waals surface area contributed by atoms with Crippen LogP contribution in [0.4, 0.5) is 28.7 Å². The zero-order chi connectivity index (χ0) is 25.2. The van der Waals surface area contributed by atoms with Crippen LogP contribution in [0.5, 0.6) is 0 Å². The van der Waals surface area contributed by atoms with Crippen molar-refractivity contribution in [1.82, 2.24) is 15.2 Å². The summed E-state index contributed by atoms with van der Waals surface area (Å²) in [4.78, 5) is 36.6. The molecule has 0 bridgehead atoms. The van der Waals surface area contributed by atoms with Crippen LogP contribution in [0.15, 0.2) is 66.7 Å². The fourth-order valence-corrected chi connectivity index (χ4v) is 4.88. The second-order valence-corrected chi connectivity index (χ2v) is 9.57. The van der Waals surface area contributed by atoms with Crippen molar-refractivity contribution in [1.29, 1.82) is 0 Å². The second kappa shape index (κ2) is 9.99. The number of amides is 2. The lowest BCUT2D eigenvalue weighted by molar-refractivity contribution is -0.119. The molecule has 36 heavy (non-hydrogen) atoms. The number of carbonyl (C=O) groups is 2.